The summed E-state index contributed by atoms with van der Waals surface area (Å²) in [6, 6.07) is 8.07. The number of aryl methyl sites for hydroxylation is 1. The molecule has 0 aliphatic carbocycles. The van der Waals surface area contributed by atoms with Crippen LogP contribution in [0.15, 0.2) is 30.5 Å². The highest BCUT2D eigenvalue weighted by Gasteiger charge is 2.01. The monoisotopic (exact) mass is 201 g/mol. The Bertz CT molecular complexity index is 476. The molecule has 0 aliphatic rings. The number of rotatable bonds is 3. The molecule has 1 aromatic carbocycles. The lowest BCUT2D eigenvalue weighted by Gasteiger charge is -2.03. The highest BCUT2D eigenvalue weighted by molar-refractivity contribution is 5.70. The first-order valence-corrected chi connectivity index (χ1v) is 4.69. The minimum atomic E-state index is 0.364. The Labute approximate surface area is 87.5 Å². The first-order valence-electron chi connectivity index (χ1n) is 4.69. The van der Waals surface area contributed by atoms with Crippen molar-refractivity contribution in [1.82, 2.24) is 15.0 Å². The summed E-state index contributed by atoms with van der Waals surface area (Å²) in [5.41, 5.74) is 2.75. The van der Waals surface area contributed by atoms with Crippen molar-refractivity contribution in [3.8, 4) is 0 Å². The van der Waals surface area contributed by atoms with E-state index in [9.17, 15) is 4.79 Å². The standard InChI is InChI=1S/C11H11N3O/c1-9-4-2-3-5-10(9)6-14-7-11(8-15)12-13-14/h2-5,7-8H,6H2,1H3. The fraction of sp³-hybridized carbons (Fsp3) is 0.182. The predicted molar refractivity (Wildman–Crippen MR) is 55.7 cm³/mol. The largest absolute Gasteiger partial charge is 0.296 e. The molecule has 4 nitrogen and oxygen atoms in total. The van der Waals surface area contributed by atoms with Crippen molar-refractivity contribution in [1.29, 1.82) is 0 Å². The van der Waals surface area contributed by atoms with Crippen LogP contribution >= 0.6 is 0 Å². The highest BCUT2D eigenvalue weighted by atomic mass is 16.1. The van der Waals surface area contributed by atoms with Gasteiger partial charge in [0.15, 0.2) is 6.29 Å². The fourth-order valence-corrected chi connectivity index (χ4v) is 1.41. The molecule has 0 saturated heterocycles. The third kappa shape index (κ3) is 2.10. The molecule has 0 fully saturated rings. The first-order chi connectivity index (χ1) is 7.29. The zero-order valence-electron chi connectivity index (χ0n) is 8.42. The zero-order valence-corrected chi connectivity index (χ0v) is 8.42. The molecule has 1 heterocycles. The van der Waals surface area contributed by atoms with Crippen LogP contribution in [0.2, 0.25) is 0 Å². The molecule has 0 radical (unpaired) electrons. The van der Waals surface area contributed by atoms with E-state index < -0.39 is 0 Å². The van der Waals surface area contributed by atoms with E-state index >= 15 is 0 Å². The summed E-state index contributed by atoms with van der Waals surface area (Å²) in [4.78, 5) is 10.4. The van der Waals surface area contributed by atoms with Crippen molar-refractivity contribution in [2.75, 3.05) is 0 Å². The van der Waals surface area contributed by atoms with Gasteiger partial charge in [-0.1, -0.05) is 29.5 Å². The number of carbonyl (C=O) groups is 1. The second kappa shape index (κ2) is 4.04. The van der Waals surface area contributed by atoms with E-state index in [1.807, 2.05) is 31.2 Å². The smallest absolute Gasteiger partial charge is 0.171 e. The lowest BCUT2D eigenvalue weighted by molar-refractivity contribution is 0.111. The molecule has 0 N–H and O–H groups in total. The summed E-state index contributed by atoms with van der Waals surface area (Å²) in [7, 11) is 0. The van der Waals surface area contributed by atoms with Crippen LogP contribution < -0.4 is 0 Å². The van der Waals surface area contributed by atoms with E-state index in [-0.39, 0.29) is 0 Å². The summed E-state index contributed by atoms with van der Waals surface area (Å²) in [5, 5.41) is 7.56. The maximum atomic E-state index is 10.4. The highest BCUT2D eigenvalue weighted by Crippen LogP contribution is 2.08. The topological polar surface area (TPSA) is 47.8 Å². The Balaban J connectivity index is 2.22. The summed E-state index contributed by atoms with van der Waals surface area (Å²) < 4.78 is 1.66. The molecule has 0 saturated carbocycles. The van der Waals surface area contributed by atoms with Crippen LogP contribution in [-0.4, -0.2) is 21.3 Å². The van der Waals surface area contributed by atoms with Crippen LogP contribution in [0.4, 0.5) is 0 Å². The zero-order chi connectivity index (χ0) is 10.7. The molecule has 2 rings (SSSR count). The maximum Gasteiger partial charge on any atom is 0.171 e. The van der Waals surface area contributed by atoms with Crippen molar-refractivity contribution in [3.63, 3.8) is 0 Å². The van der Waals surface area contributed by atoms with E-state index in [1.165, 1.54) is 11.1 Å². The van der Waals surface area contributed by atoms with Crippen molar-refractivity contribution in [3.05, 3.63) is 47.3 Å². The van der Waals surface area contributed by atoms with Gasteiger partial charge in [-0.3, -0.25) is 4.79 Å². The van der Waals surface area contributed by atoms with Crippen molar-refractivity contribution in [2.24, 2.45) is 0 Å². The van der Waals surface area contributed by atoms with Crippen LogP contribution in [0.5, 0.6) is 0 Å². The van der Waals surface area contributed by atoms with Crippen LogP contribution in [-0.2, 0) is 6.54 Å². The van der Waals surface area contributed by atoms with Gasteiger partial charge in [0.25, 0.3) is 0 Å². The SMILES string of the molecule is Cc1ccccc1Cn1cc(C=O)nn1. The molecule has 15 heavy (non-hydrogen) atoms. The van der Waals surface area contributed by atoms with Gasteiger partial charge in [-0.05, 0) is 18.1 Å². The van der Waals surface area contributed by atoms with Crippen LogP contribution in [0.3, 0.4) is 0 Å². The average molecular weight is 201 g/mol. The molecule has 0 spiro atoms. The van der Waals surface area contributed by atoms with Gasteiger partial charge in [0.05, 0.1) is 12.7 Å². The Kier molecular flexibility index (Phi) is 2.58. The molecule has 4 heteroatoms. The number of benzene rings is 1. The Morgan fingerprint density at radius 2 is 2.20 bits per heavy atom. The minimum Gasteiger partial charge on any atom is -0.296 e. The normalized spacial score (nSPS) is 10.2. The molecule has 0 aliphatic heterocycles. The third-order valence-corrected chi connectivity index (χ3v) is 2.27. The van der Waals surface area contributed by atoms with E-state index in [4.69, 9.17) is 0 Å². The van der Waals surface area contributed by atoms with Gasteiger partial charge < -0.3 is 0 Å². The first kappa shape index (κ1) is 9.58. The van der Waals surface area contributed by atoms with Gasteiger partial charge in [-0.15, -0.1) is 5.10 Å². The molecular formula is C11H11N3O. The van der Waals surface area contributed by atoms with Crippen LogP contribution in [0.25, 0.3) is 0 Å². The number of aldehydes is 1. The van der Waals surface area contributed by atoms with Crippen molar-refractivity contribution >= 4 is 6.29 Å². The quantitative estimate of drug-likeness (QED) is 0.706. The molecule has 1 aromatic heterocycles. The van der Waals surface area contributed by atoms with E-state index in [2.05, 4.69) is 10.3 Å². The molecule has 0 bridgehead atoms. The third-order valence-electron chi connectivity index (χ3n) is 2.27. The summed E-state index contributed by atoms with van der Waals surface area (Å²) in [5.74, 6) is 0. The van der Waals surface area contributed by atoms with Crippen LogP contribution in [0.1, 0.15) is 21.6 Å². The number of carbonyl (C=O) groups excluding carboxylic acids is 1. The Hall–Kier alpha value is -1.97. The van der Waals surface area contributed by atoms with E-state index in [1.54, 1.807) is 10.9 Å². The average Bonchev–Trinajstić information content (AvgIpc) is 2.69. The number of hydrogen-bond acceptors (Lipinski definition) is 3. The van der Waals surface area contributed by atoms with Gasteiger partial charge in [-0.25, -0.2) is 4.68 Å². The Morgan fingerprint density at radius 3 is 2.87 bits per heavy atom. The maximum absolute atomic E-state index is 10.4. The summed E-state index contributed by atoms with van der Waals surface area (Å²) in [6.45, 7) is 2.69. The summed E-state index contributed by atoms with van der Waals surface area (Å²) >= 11 is 0. The molecule has 0 amide bonds. The van der Waals surface area contributed by atoms with Crippen molar-refractivity contribution in [2.45, 2.75) is 13.5 Å². The predicted octanol–water partition coefficient (Wildman–Crippen LogP) is 1.45. The number of hydrogen-bond donors (Lipinski definition) is 0. The molecule has 76 valence electrons. The van der Waals surface area contributed by atoms with Gasteiger partial charge in [0.2, 0.25) is 0 Å². The van der Waals surface area contributed by atoms with Gasteiger partial charge in [0, 0.05) is 0 Å². The number of nitrogens with zero attached hydrogens (tertiary/aromatic N) is 3. The summed E-state index contributed by atoms with van der Waals surface area (Å²) in [6.07, 6.45) is 2.33. The van der Waals surface area contributed by atoms with Crippen molar-refractivity contribution < 1.29 is 4.79 Å². The van der Waals surface area contributed by atoms with E-state index in [0.717, 1.165) is 0 Å². The van der Waals surface area contributed by atoms with Gasteiger partial charge >= 0.3 is 0 Å². The molecular weight excluding hydrogens is 190 g/mol. The second-order valence-electron chi connectivity index (χ2n) is 3.39. The molecule has 0 atom stereocenters. The fourth-order valence-electron chi connectivity index (χ4n) is 1.41. The van der Waals surface area contributed by atoms with E-state index in [0.29, 0.717) is 18.5 Å². The van der Waals surface area contributed by atoms with Gasteiger partial charge in [0.1, 0.15) is 5.69 Å². The van der Waals surface area contributed by atoms with Crippen LogP contribution in [0, 0.1) is 6.92 Å². The second-order valence-corrected chi connectivity index (χ2v) is 3.39. The minimum absolute atomic E-state index is 0.364. The lowest BCUT2D eigenvalue weighted by atomic mass is 10.1. The van der Waals surface area contributed by atoms with Gasteiger partial charge in [-0.2, -0.15) is 0 Å². The number of aromatic nitrogens is 3. The molecule has 2 aromatic rings. The lowest BCUT2D eigenvalue weighted by Crippen LogP contribution is -2.01. The molecule has 0 unspecified atom stereocenters. The Morgan fingerprint density at radius 1 is 1.40 bits per heavy atom.